The molecule has 1 heterocycles. The van der Waals surface area contributed by atoms with Crippen LogP contribution >= 0.6 is 0 Å². The Hall–Kier alpha value is -2.38. The van der Waals surface area contributed by atoms with E-state index in [1.165, 1.54) is 15.9 Å². The van der Waals surface area contributed by atoms with Gasteiger partial charge in [0.25, 0.3) is 5.91 Å². The van der Waals surface area contributed by atoms with Crippen molar-refractivity contribution in [2.24, 2.45) is 0 Å². The Morgan fingerprint density at radius 1 is 1.00 bits per heavy atom. The van der Waals surface area contributed by atoms with Crippen molar-refractivity contribution < 1.29 is 17.9 Å². The summed E-state index contributed by atoms with van der Waals surface area (Å²) in [6.07, 6.45) is 2.80. The van der Waals surface area contributed by atoms with Crippen LogP contribution in [0.2, 0.25) is 0 Å². The van der Waals surface area contributed by atoms with E-state index in [-0.39, 0.29) is 10.8 Å². The first-order chi connectivity index (χ1) is 14.3. The van der Waals surface area contributed by atoms with Crippen LogP contribution in [0, 0.1) is 20.8 Å². The van der Waals surface area contributed by atoms with Crippen LogP contribution in [-0.4, -0.2) is 44.9 Å². The van der Waals surface area contributed by atoms with Crippen molar-refractivity contribution in [1.82, 2.24) is 9.62 Å². The molecule has 1 fully saturated rings. The van der Waals surface area contributed by atoms with Gasteiger partial charge in [0.15, 0.2) is 0 Å². The maximum Gasteiger partial charge on any atom is 0.251 e. The zero-order valence-corrected chi connectivity index (χ0v) is 18.7. The molecule has 0 saturated carbocycles. The predicted octanol–water partition coefficient (Wildman–Crippen LogP) is 3.60. The molecule has 0 spiro atoms. The van der Waals surface area contributed by atoms with Gasteiger partial charge < -0.3 is 10.1 Å². The number of hydrogen-bond acceptors (Lipinski definition) is 4. The van der Waals surface area contributed by atoms with Gasteiger partial charge in [-0.1, -0.05) is 30.2 Å². The van der Waals surface area contributed by atoms with E-state index in [0.717, 1.165) is 36.1 Å². The van der Waals surface area contributed by atoms with Crippen LogP contribution in [0.25, 0.3) is 0 Å². The van der Waals surface area contributed by atoms with Crippen LogP contribution in [0.3, 0.4) is 0 Å². The smallest absolute Gasteiger partial charge is 0.251 e. The largest absolute Gasteiger partial charge is 0.491 e. The van der Waals surface area contributed by atoms with Crippen LogP contribution in [0.1, 0.15) is 46.3 Å². The first kappa shape index (κ1) is 22.3. The molecule has 1 saturated heterocycles. The molecule has 0 bridgehead atoms. The Kier molecular flexibility index (Phi) is 7.15. The number of aryl methyl sites for hydroxylation is 3. The summed E-state index contributed by atoms with van der Waals surface area (Å²) in [5, 5.41) is 2.83. The molecular weight excluding hydrogens is 400 g/mol. The summed E-state index contributed by atoms with van der Waals surface area (Å²) in [4.78, 5) is 12.8. The number of nitrogens with zero attached hydrogens (tertiary/aromatic N) is 1. The molecule has 0 atom stereocenters. The SMILES string of the molecule is Cc1ccc(OCCNC(=O)c2cc(S(=O)(=O)N3CCCCC3)ccc2C)c(C)c1. The molecule has 1 aliphatic heterocycles. The second-order valence-corrected chi connectivity index (χ2v) is 9.75. The van der Waals surface area contributed by atoms with Gasteiger partial charge >= 0.3 is 0 Å². The number of sulfonamides is 1. The van der Waals surface area contributed by atoms with Crippen LogP contribution in [0.15, 0.2) is 41.3 Å². The quantitative estimate of drug-likeness (QED) is 0.681. The minimum Gasteiger partial charge on any atom is -0.491 e. The number of amides is 1. The zero-order valence-electron chi connectivity index (χ0n) is 17.9. The molecule has 2 aromatic rings. The summed E-state index contributed by atoms with van der Waals surface area (Å²) in [5.41, 5.74) is 3.33. The van der Waals surface area contributed by atoms with Gasteiger partial charge in [0.2, 0.25) is 10.0 Å². The highest BCUT2D eigenvalue weighted by atomic mass is 32.2. The molecule has 6 nitrogen and oxygen atoms in total. The fourth-order valence-electron chi connectivity index (χ4n) is 3.64. The van der Waals surface area contributed by atoms with Gasteiger partial charge in [0, 0.05) is 18.7 Å². The van der Waals surface area contributed by atoms with Gasteiger partial charge in [-0.3, -0.25) is 4.79 Å². The molecule has 0 aliphatic carbocycles. The topological polar surface area (TPSA) is 75.7 Å². The number of benzene rings is 2. The zero-order chi connectivity index (χ0) is 21.7. The number of carbonyl (C=O) groups is 1. The first-order valence-electron chi connectivity index (χ1n) is 10.4. The van der Waals surface area contributed by atoms with Crippen molar-refractivity contribution in [3.63, 3.8) is 0 Å². The van der Waals surface area contributed by atoms with E-state index >= 15 is 0 Å². The Morgan fingerprint density at radius 3 is 2.43 bits per heavy atom. The monoisotopic (exact) mass is 430 g/mol. The number of carbonyl (C=O) groups excluding carboxylic acids is 1. The average Bonchev–Trinajstić information content (AvgIpc) is 2.73. The lowest BCUT2D eigenvalue weighted by Crippen LogP contribution is -2.36. The van der Waals surface area contributed by atoms with Gasteiger partial charge in [-0.05, 0) is 62.9 Å². The molecule has 1 aliphatic rings. The van der Waals surface area contributed by atoms with Gasteiger partial charge in [-0.15, -0.1) is 0 Å². The number of hydrogen-bond donors (Lipinski definition) is 1. The van der Waals surface area contributed by atoms with Crippen molar-refractivity contribution in [3.05, 3.63) is 58.7 Å². The van der Waals surface area contributed by atoms with Crippen molar-refractivity contribution in [1.29, 1.82) is 0 Å². The van der Waals surface area contributed by atoms with Gasteiger partial charge in [0.1, 0.15) is 12.4 Å². The Labute approximate surface area is 179 Å². The maximum atomic E-state index is 12.9. The summed E-state index contributed by atoms with van der Waals surface area (Å²) in [7, 11) is -3.58. The molecular formula is C23H30N2O4S. The second kappa shape index (κ2) is 9.62. The standard InChI is InChI=1S/C23H30N2O4S/c1-17-7-10-22(19(3)15-17)29-14-11-24-23(26)21-16-20(9-8-18(21)2)30(27,28)25-12-5-4-6-13-25/h7-10,15-16H,4-6,11-14H2,1-3H3,(H,24,26). The van der Waals surface area contributed by atoms with Crippen LogP contribution in [0.5, 0.6) is 5.75 Å². The second-order valence-electron chi connectivity index (χ2n) is 7.81. The average molecular weight is 431 g/mol. The molecule has 2 aromatic carbocycles. The first-order valence-corrected chi connectivity index (χ1v) is 11.8. The third-order valence-electron chi connectivity index (χ3n) is 5.38. The lowest BCUT2D eigenvalue weighted by Gasteiger charge is -2.26. The van der Waals surface area contributed by atoms with Gasteiger partial charge in [0.05, 0.1) is 11.4 Å². The molecule has 30 heavy (non-hydrogen) atoms. The summed E-state index contributed by atoms with van der Waals surface area (Å²) in [5.74, 6) is 0.494. The predicted molar refractivity (Wildman–Crippen MR) is 118 cm³/mol. The molecule has 0 unspecified atom stereocenters. The van der Waals surface area contributed by atoms with E-state index < -0.39 is 10.0 Å². The summed E-state index contributed by atoms with van der Waals surface area (Å²) in [6, 6.07) is 10.7. The third kappa shape index (κ3) is 5.21. The summed E-state index contributed by atoms with van der Waals surface area (Å²) >= 11 is 0. The van der Waals surface area contributed by atoms with E-state index in [9.17, 15) is 13.2 Å². The molecule has 162 valence electrons. The lowest BCUT2D eigenvalue weighted by molar-refractivity contribution is 0.0946. The maximum absolute atomic E-state index is 12.9. The Bertz CT molecular complexity index is 1010. The minimum atomic E-state index is -3.58. The molecule has 1 amide bonds. The van der Waals surface area contributed by atoms with Crippen LogP contribution in [0.4, 0.5) is 0 Å². The Balaban J connectivity index is 1.63. The number of nitrogens with one attached hydrogen (secondary N) is 1. The lowest BCUT2D eigenvalue weighted by atomic mass is 10.1. The minimum absolute atomic E-state index is 0.173. The van der Waals surface area contributed by atoms with Gasteiger partial charge in [-0.25, -0.2) is 8.42 Å². The van der Waals surface area contributed by atoms with E-state index in [0.29, 0.717) is 31.8 Å². The van der Waals surface area contributed by atoms with Crippen LogP contribution in [-0.2, 0) is 10.0 Å². The fourth-order valence-corrected chi connectivity index (χ4v) is 5.19. The Morgan fingerprint density at radius 2 is 1.73 bits per heavy atom. The third-order valence-corrected chi connectivity index (χ3v) is 7.28. The van der Waals surface area contributed by atoms with Crippen molar-refractivity contribution in [2.45, 2.75) is 44.9 Å². The van der Waals surface area contributed by atoms with Crippen LogP contribution < -0.4 is 10.1 Å². The van der Waals surface area contributed by atoms with Crippen molar-refractivity contribution >= 4 is 15.9 Å². The summed E-state index contributed by atoms with van der Waals surface area (Å²) < 4.78 is 33.1. The van der Waals surface area contributed by atoms with E-state index in [2.05, 4.69) is 5.32 Å². The number of rotatable bonds is 7. The number of piperidine rings is 1. The van der Waals surface area contributed by atoms with E-state index in [1.807, 2.05) is 32.0 Å². The molecule has 1 N–H and O–H groups in total. The van der Waals surface area contributed by atoms with E-state index in [1.54, 1.807) is 19.1 Å². The highest BCUT2D eigenvalue weighted by Gasteiger charge is 2.27. The molecule has 3 rings (SSSR count). The summed E-state index contributed by atoms with van der Waals surface area (Å²) in [6.45, 7) is 7.55. The molecule has 0 aromatic heterocycles. The molecule has 0 radical (unpaired) electrons. The normalized spacial score (nSPS) is 15.0. The van der Waals surface area contributed by atoms with Gasteiger partial charge in [-0.2, -0.15) is 4.31 Å². The number of ether oxygens (including phenoxy) is 1. The highest BCUT2D eigenvalue weighted by molar-refractivity contribution is 7.89. The van der Waals surface area contributed by atoms with Crippen molar-refractivity contribution in [3.8, 4) is 5.75 Å². The highest BCUT2D eigenvalue weighted by Crippen LogP contribution is 2.23. The molecule has 7 heteroatoms. The van der Waals surface area contributed by atoms with E-state index in [4.69, 9.17) is 4.74 Å². The van der Waals surface area contributed by atoms with Crippen molar-refractivity contribution in [2.75, 3.05) is 26.2 Å². The fraction of sp³-hybridized carbons (Fsp3) is 0.435.